The fraction of sp³-hybridized carbons (Fsp3) is 0.615. The average molecular weight is 284 g/mol. The molecule has 0 aliphatic heterocycles. The van der Waals surface area contributed by atoms with E-state index in [1.165, 1.54) is 24.1 Å². The van der Waals surface area contributed by atoms with Crippen LogP contribution in [-0.2, 0) is 18.2 Å². The third kappa shape index (κ3) is 1.97. The number of hydrogen-bond donors (Lipinski definition) is 0. The van der Waals surface area contributed by atoms with E-state index >= 15 is 0 Å². The predicted molar refractivity (Wildman–Crippen MR) is 70.4 cm³/mol. The summed E-state index contributed by atoms with van der Waals surface area (Å²) in [6.07, 6.45) is 4.66. The highest BCUT2D eigenvalue weighted by atomic mass is 79.9. The van der Waals surface area contributed by atoms with Crippen LogP contribution in [0.15, 0.2) is 10.9 Å². The van der Waals surface area contributed by atoms with E-state index in [-0.39, 0.29) is 11.6 Å². The van der Waals surface area contributed by atoms with E-state index in [1.54, 1.807) is 0 Å². The number of aromatic nitrogens is 1. The topological polar surface area (TPSA) is 22.0 Å². The number of nitrogens with zero attached hydrogens (tertiary/aromatic N) is 1. The Bertz CT molecular complexity index is 448. The van der Waals surface area contributed by atoms with Gasteiger partial charge in [0.25, 0.3) is 5.56 Å². The second kappa shape index (κ2) is 4.74. The smallest absolute Gasteiger partial charge is 0.255 e. The molecule has 1 aromatic rings. The van der Waals surface area contributed by atoms with Gasteiger partial charge >= 0.3 is 0 Å². The Kier molecular flexibility index (Phi) is 3.53. The van der Waals surface area contributed by atoms with Gasteiger partial charge < -0.3 is 4.57 Å². The number of rotatable bonds is 2. The van der Waals surface area contributed by atoms with Crippen molar-refractivity contribution in [1.29, 1.82) is 0 Å². The van der Waals surface area contributed by atoms with Crippen LogP contribution in [0.3, 0.4) is 0 Å². The highest BCUT2D eigenvalue weighted by Gasteiger charge is 2.18. The molecule has 3 heteroatoms. The number of halogens is 1. The summed E-state index contributed by atoms with van der Waals surface area (Å²) in [4.78, 5) is 12.2. The van der Waals surface area contributed by atoms with Crippen molar-refractivity contribution >= 4 is 15.9 Å². The van der Waals surface area contributed by atoms with E-state index in [9.17, 15) is 4.79 Å². The van der Waals surface area contributed by atoms with E-state index in [0.29, 0.717) is 5.33 Å². The summed E-state index contributed by atoms with van der Waals surface area (Å²) in [6.45, 7) is 4.18. The first-order valence-corrected chi connectivity index (χ1v) is 7.09. The highest BCUT2D eigenvalue weighted by Crippen LogP contribution is 2.23. The molecular weight excluding hydrogens is 266 g/mol. The normalized spacial score (nSPS) is 15.2. The summed E-state index contributed by atoms with van der Waals surface area (Å²) >= 11 is 3.41. The van der Waals surface area contributed by atoms with Gasteiger partial charge in [-0.3, -0.25) is 4.79 Å². The monoisotopic (exact) mass is 283 g/mol. The first-order chi connectivity index (χ1) is 7.65. The lowest BCUT2D eigenvalue weighted by Crippen LogP contribution is -2.30. The van der Waals surface area contributed by atoms with Gasteiger partial charge in [0, 0.05) is 22.6 Å². The van der Waals surface area contributed by atoms with Gasteiger partial charge in [0.1, 0.15) is 0 Å². The largest absolute Gasteiger partial charge is 0.310 e. The van der Waals surface area contributed by atoms with Crippen LogP contribution in [-0.4, -0.2) is 4.57 Å². The van der Waals surface area contributed by atoms with Gasteiger partial charge in [-0.2, -0.15) is 0 Å². The third-order valence-corrected chi connectivity index (χ3v) is 3.88. The molecule has 0 bridgehead atoms. The van der Waals surface area contributed by atoms with Crippen LogP contribution in [0.2, 0.25) is 0 Å². The SMILES string of the molecule is CC(C)n1c2c(cc(CBr)c1=O)CCCC2. The lowest BCUT2D eigenvalue weighted by atomic mass is 9.94. The Morgan fingerprint density at radius 2 is 2.06 bits per heavy atom. The molecule has 16 heavy (non-hydrogen) atoms. The van der Waals surface area contributed by atoms with Crippen LogP contribution in [0.5, 0.6) is 0 Å². The van der Waals surface area contributed by atoms with Crippen LogP contribution in [0.1, 0.15) is 49.6 Å². The molecule has 0 radical (unpaired) electrons. The van der Waals surface area contributed by atoms with Crippen LogP contribution in [0.4, 0.5) is 0 Å². The zero-order valence-electron chi connectivity index (χ0n) is 9.92. The molecule has 2 nitrogen and oxygen atoms in total. The fourth-order valence-electron chi connectivity index (χ4n) is 2.53. The van der Waals surface area contributed by atoms with Gasteiger partial charge in [-0.15, -0.1) is 0 Å². The van der Waals surface area contributed by atoms with Gasteiger partial charge in [0.2, 0.25) is 0 Å². The first kappa shape index (κ1) is 11.9. The Labute approximate surface area is 105 Å². The maximum Gasteiger partial charge on any atom is 0.255 e. The Balaban J connectivity index is 2.67. The van der Waals surface area contributed by atoms with Crippen molar-refractivity contribution in [2.45, 2.75) is 50.9 Å². The summed E-state index contributed by atoms with van der Waals surface area (Å²) in [5, 5.41) is 0.659. The molecule has 1 aliphatic rings. The van der Waals surface area contributed by atoms with Crippen LogP contribution in [0.25, 0.3) is 0 Å². The van der Waals surface area contributed by atoms with Gasteiger partial charge in [0.15, 0.2) is 0 Å². The van der Waals surface area contributed by atoms with Crippen molar-refractivity contribution in [3.8, 4) is 0 Å². The van der Waals surface area contributed by atoms with Crippen molar-refractivity contribution in [2.75, 3.05) is 0 Å². The molecule has 1 heterocycles. The number of pyridine rings is 1. The molecule has 0 fully saturated rings. The van der Waals surface area contributed by atoms with Crippen molar-refractivity contribution < 1.29 is 0 Å². The molecule has 0 spiro atoms. The van der Waals surface area contributed by atoms with Gasteiger partial charge in [-0.1, -0.05) is 15.9 Å². The lowest BCUT2D eigenvalue weighted by Gasteiger charge is -2.24. The molecule has 2 rings (SSSR count). The Morgan fingerprint density at radius 1 is 1.38 bits per heavy atom. The zero-order valence-corrected chi connectivity index (χ0v) is 11.5. The summed E-state index contributed by atoms with van der Waals surface area (Å²) in [6, 6.07) is 2.36. The molecule has 88 valence electrons. The predicted octanol–water partition coefficient (Wildman–Crippen LogP) is 3.20. The fourth-order valence-corrected chi connectivity index (χ4v) is 2.94. The number of aryl methyl sites for hydroxylation is 1. The Hall–Kier alpha value is -0.570. The minimum Gasteiger partial charge on any atom is -0.310 e. The van der Waals surface area contributed by atoms with Crippen molar-refractivity contribution in [1.82, 2.24) is 4.57 Å². The van der Waals surface area contributed by atoms with E-state index in [0.717, 1.165) is 18.4 Å². The van der Waals surface area contributed by atoms with Crippen molar-refractivity contribution in [3.05, 3.63) is 33.2 Å². The van der Waals surface area contributed by atoms with Crippen molar-refractivity contribution in [2.24, 2.45) is 0 Å². The number of fused-ring (bicyclic) bond motifs is 1. The lowest BCUT2D eigenvalue weighted by molar-refractivity contribution is 0.516. The summed E-state index contributed by atoms with van der Waals surface area (Å²) in [5.41, 5.74) is 3.74. The van der Waals surface area contributed by atoms with Gasteiger partial charge in [-0.05, 0) is 51.2 Å². The van der Waals surface area contributed by atoms with E-state index in [2.05, 4.69) is 35.8 Å². The molecule has 0 saturated heterocycles. The zero-order chi connectivity index (χ0) is 11.7. The average Bonchev–Trinajstić information content (AvgIpc) is 2.27. The number of hydrogen-bond acceptors (Lipinski definition) is 1. The molecular formula is C13H18BrNO. The molecule has 0 atom stereocenters. The van der Waals surface area contributed by atoms with Gasteiger partial charge in [-0.25, -0.2) is 0 Å². The molecule has 0 saturated carbocycles. The molecule has 1 aliphatic carbocycles. The molecule has 0 N–H and O–H groups in total. The quantitative estimate of drug-likeness (QED) is 0.764. The summed E-state index contributed by atoms with van der Waals surface area (Å²) in [7, 11) is 0. The molecule has 0 unspecified atom stereocenters. The summed E-state index contributed by atoms with van der Waals surface area (Å²) < 4.78 is 1.99. The van der Waals surface area contributed by atoms with E-state index in [1.807, 2.05) is 4.57 Å². The van der Waals surface area contributed by atoms with Crippen molar-refractivity contribution in [3.63, 3.8) is 0 Å². The van der Waals surface area contributed by atoms with Gasteiger partial charge in [0.05, 0.1) is 0 Å². The van der Waals surface area contributed by atoms with Crippen LogP contribution >= 0.6 is 15.9 Å². The molecule has 0 aromatic carbocycles. The standard InChI is InChI=1S/C13H18BrNO/c1-9(2)15-12-6-4-3-5-10(12)7-11(8-14)13(15)16/h7,9H,3-6,8H2,1-2H3. The second-order valence-corrected chi connectivity index (χ2v) is 5.31. The molecule has 0 amide bonds. The minimum atomic E-state index is 0.188. The van der Waals surface area contributed by atoms with E-state index in [4.69, 9.17) is 0 Å². The summed E-state index contributed by atoms with van der Waals surface area (Å²) in [5.74, 6) is 0. The maximum atomic E-state index is 12.2. The third-order valence-electron chi connectivity index (χ3n) is 3.27. The van der Waals surface area contributed by atoms with Crippen LogP contribution < -0.4 is 5.56 Å². The number of alkyl halides is 1. The van der Waals surface area contributed by atoms with E-state index < -0.39 is 0 Å². The minimum absolute atomic E-state index is 0.188. The highest BCUT2D eigenvalue weighted by molar-refractivity contribution is 9.08. The maximum absolute atomic E-state index is 12.2. The first-order valence-electron chi connectivity index (χ1n) is 5.97. The molecule has 1 aromatic heterocycles. The second-order valence-electron chi connectivity index (χ2n) is 4.75. The Morgan fingerprint density at radius 3 is 2.69 bits per heavy atom. The van der Waals surface area contributed by atoms with Crippen LogP contribution in [0, 0.1) is 0 Å².